The lowest BCUT2D eigenvalue weighted by Gasteiger charge is -2.15. The van der Waals surface area contributed by atoms with Crippen molar-refractivity contribution in [1.82, 2.24) is 10.2 Å². The van der Waals surface area contributed by atoms with Crippen LogP contribution in [0.1, 0.15) is 0 Å². The van der Waals surface area contributed by atoms with Gasteiger partial charge >= 0.3 is 0 Å². The molecular weight excluding hydrogens is 238 g/mol. The summed E-state index contributed by atoms with van der Waals surface area (Å²) in [6, 6.07) is 7.36. The first kappa shape index (κ1) is 12.0. The smallest absolute Gasteiger partial charge is 0.193 e. The van der Waals surface area contributed by atoms with Gasteiger partial charge in [-0.05, 0) is 24.3 Å². The molecule has 1 aromatic carbocycles. The fourth-order valence-corrected chi connectivity index (χ4v) is 1.71. The third-order valence-electron chi connectivity index (χ3n) is 2.53. The first-order chi connectivity index (χ1) is 8.25. The lowest BCUT2D eigenvalue weighted by molar-refractivity contribution is 0.320. The van der Waals surface area contributed by atoms with Crippen molar-refractivity contribution in [3.05, 3.63) is 29.3 Å². The van der Waals surface area contributed by atoms with E-state index < -0.39 is 0 Å². The number of rotatable bonds is 4. The molecule has 1 aromatic rings. The molecule has 0 fully saturated rings. The molecule has 4 nitrogen and oxygen atoms in total. The number of halogens is 1. The molecule has 0 atom stereocenters. The first-order valence-corrected chi connectivity index (χ1v) is 6.01. The van der Waals surface area contributed by atoms with Crippen molar-refractivity contribution in [2.75, 3.05) is 33.3 Å². The summed E-state index contributed by atoms with van der Waals surface area (Å²) in [4.78, 5) is 6.43. The van der Waals surface area contributed by atoms with E-state index >= 15 is 0 Å². The molecule has 0 aliphatic carbocycles. The molecule has 92 valence electrons. The number of guanidine groups is 1. The molecule has 0 radical (unpaired) electrons. The average molecular weight is 254 g/mol. The molecule has 0 spiro atoms. The summed E-state index contributed by atoms with van der Waals surface area (Å²) < 4.78 is 5.56. The van der Waals surface area contributed by atoms with Gasteiger partial charge in [0, 0.05) is 18.6 Å². The van der Waals surface area contributed by atoms with Gasteiger partial charge in [0.15, 0.2) is 5.96 Å². The fraction of sp³-hybridized carbons (Fsp3) is 0.417. The Morgan fingerprint density at radius 1 is 1.41 bits per heavy atom. The lowest BCUT2D eigenvalue weighted by Crippen LogP contribution is -2.37. The van der Waals surface area contributed by atoms with Crippen LogP contribution in [0.2, 0.25) is 5.02 Å². The fourth-order valence-electron chi connectivity index (χ4n) is 1.59. The molecule has 0 aromatic heterocycles. The molecule has 2 rings (SSSR count). The van der Waals surface area contributed by atoms with Gasteiger partial charge in [-0.2, -0.15) is 0 Å². The summed E-state index contributed by atoms with van der Waals surface area (Å²) >= 11 is 5.79. The summed E-state index contributed by atoms with van der Waals surface area (Å²) in [5.41, 5.74) is 0. The predicted molar refractivity (Wildman–Crippen MR) is 69.9 cm³/mol. The molecule has 1 aliphatic heterocycles. The first-order valence-electron chi connectivity index (χ1n) is 5.63. The highest BCUT2D eigenvalue weighted by Crippen LogP contribution is 2.15. The molecule has 1 N–H and O–H groups in total. The second-order valence-corrected chi connectivity index (χ2v) is 4.29. The zero-order valence-corrected chi connectivity index (χ0v) is 10.6. The van der Waals surface area contributed by atoms with Crippen molar-refractivity contribution in [2.45, 2.75) is 0 Å². The Morgan fingerprint density at radius 2 is 2.18 bits per heavy atom. The minimum atomic E-state index is 0.606. The Kier molecular flexibility index (Phi) is 4.09. The molecule has 1 heterocycles. The minimum Gasteiger partial charge on any atom is -0.492 e. The monoisotopic (exact) mass is 253 g/mol. The molecule has 5 heteroatoms. The Bertz CT molecular complexity index is 391. The summed E-state index contributed by atoms with van der Waals surface area (Å²) in [6.07, 6.45) is 0. The Labute approximate surface area is 106 Å². The molecule has 0 bridgehead atoms. The van der Waals surface area contributed by atoms with E-state index in [0.717, 1.165) is 36.4 Å². The summed E-state index contributed by atoms with van der Waals surface area (Å²) in [7, 11) is 2.03. The van der Waals surface area contributed by atoms with Crippen molar-refractivity contribution in [3.63, 3.8) is 0 Å². The number of nitrogens with one attached hydrogen (secondary N) is 1. The molecule has 0 unspecified atom stereocenters. The third-order valence-corrected chi connectivity index (χ3v) is 2.78. The summed E-state index contributed by atoms with van der Waals surface area (Å²) in [6.45, 7) is 3.21. The zero-order valence-electron chi connectivity index (χ0n) is 9.82. The van der Waals surface area contributed by atoms with Gasteiger partial charge in [0.1, 0.15) is 12.4 Å². The highest BCUT2D eigenvalue weighted by Gasteiger charge is 2.10. The van der Waals surface area contributed by atoms with Crippen molar-refractivity contribution < 1.29 is 4.74 Å². The van der Waals surface area contributed by atoms with Gasteiger partial charge < -0.3 is 15.0 Å². The van der Waals surface area contributed by atoms with Gasteiger partial charge in [-0.15, -0.1) is 0 Å². The van der Waals surface area contributed by atoms with Crippen LogP contribution in [0.3, 0.4) is 0 Å². The number of ether oxygens (including phenoxy) is 1. The largest absolute Gasteiger partial charge is 0.492 e. The third kappa shape index (κ3) is 3.53. The van der Waals surface area contributed by atoms with Gasteiger partial charge in [-0.3, -0.25) is 4.99 Å². The molecule has 0 amide bonds. The number of nitrogens with zero attached hydrogens (tertiary/aromatic N) is 2. The van der Waals surface area contributed by atoms with E-state index in [4.69, 9.17) is 16.3 Å². The van der Waals surface area contributed by atoms with Crippen LogP contribution in [-0.2, 0) is 0 Å². The van der Waals surface area contributed by atoms with Crippen molar-refractivity contribution >= 4 is 17.6 Å². The lowest BCUT2D eigenvalue weighted by atomic mass is 10.3. The molecule has 17 heavy (non-hydrogen) atoms. The van der Waals surface area contributed by atoms with E-state index in [1.165, 1.54) is 0 Å². The van der Waals surface area contributed by atoms with Crippen LogP contribution in [0.25, 0.3) is 0 Å². The normalized spacial score (nSPS) is 14.7. The van der Waals surface area contributed by atoms with Crippen molar-refractivity contribution in [2.24, 2.45) is 4.99 Å². The Hall–Kier alpha value is -1.42. The molecular formula is C12H16ClN3O. The second kappa shape index (κ2) is 5.77. The maximum atomic E-state index is 5.79. The SMILES string of the molecule is CN1CCN=C1NCCOc1ccc(Cl)cc1. The predicted octanol–water partition coefficient (Wildman–Crippen LogP) is 1.61. The van der Waals surface area contributed by atoms with Crippen LogP contribution in [0, 0.1) is 0 Å². The van der Waals surface area contributed by atoms with Gasteiger partial charge in [0.2, 0.25) is 0 Å². The van der Waals surface area contributed by atoms with Crippen LogP contribution >= 0.6 is 11.6 Å². The summed E-state index contributed by atoms with van der Waals surface area (Å²) in [5, 5.41) is 3.96. The summed E-state index contributed by atoms with van der Waals surface area (Å²) in [5.74, 6) is 1.78. The number of aliphatic imine (C=N–C) groups is 1. The average Bonchev–Trinajstić information content (AvgIpc) is 2.73. The van der Waals surface area contributed by atoms with E-state index in [0.29, 0.717) is 6.61 Å². The van der Waals surface area contributed by atoms with Gasteiger partial charge in [-0.1, -0.05) is 11.6 Å². The minimum absolute atomic E-state index is 0.606. The van der Waals surface area contributed by atoms with E-state index in [1.807, 2.05) is 31.3 Å². The standard InChI is InChI=1S/C12H16ClN3O/c1-16-8-6-14-12(16)15-7-9-17-11-4-2-10(13)3-5-11/h2-5H,6-9H2,1H3,(H,14,15). The van der Waals surface area contributed by atoms with Gasteiger partial charge in [0.25, 0.3) is 0 Å². The molecule has 0 saturated heterocycles. The van der Waals surface area contributed by atoms with Crippen LogP contribution in [0.5, 0.6) is 5.75 Å². The number of benzene rings is 1. The quantitative estimate of drug-likeness (QED) is 0.829. The van der Waals surface area contributed by atoms with Crippen molar-refractivity contribution in [1.29, 1.82) is 0 Å². The topological polar surface area (TPSA) is 36.9 Å². The van der Waals surface area contributed by atoms with E-state index in [-0.39, 0.29) is 0 Å². The number of hydrogen-bond acceptors (Lipinski definition) is 4. The number of likely N-dealkylation sites (N-methyl/N-ethyl adjacent to an activating group) is 1. The maximum absolute atomic E-state index is 5.79. The van der Waals surface area contributed by atoms with Crippen LogP contribution in [0.4, 0.5) is 0 Å². The Morgan fingerprint density at radius 3 is 2.82 bits per heavy atom. The zero-order chi connectivity index (χ0) is 12.1. The van der Waals surface area contributed by atoms with Crippen LogP contribution in [-0.4, -0.2) is 44.1 Å². The molecule has 1 aliphatic rings. The highest BCUT2D eigenvalue weighted by molar-refractivity contribution is 6.30. The van der Waals surface area contributed by atoms with Gasteiger partial charge in [0.05, 0.1) is 13.1 Å². The highest BCUT2D eigenvalue weighted by atomic mass is 35.5. The van der Waals surface area contributed by atoms with Crippen molar-refractivity contribution in [3.8, 4) is 5.75 Å². The van der Waals surface area contributed by atoms with E-state index in [1.54, 1.807) is 0 Å². The number of hydrogen-bond donors (Lipinski definition) is 1. The molecule has 0 saturated carbocycles. The van der Waals surface area contributed by atoms with E-state index in [2.05, 4.69) is 15.2 Å². The Balaban J connectivity index is 1.68. The van der Waals surface area contributed by atoms with Gasteiger partial charge in [-0.25, -0.2) is 0 Å². The van der Waals surface area contributed by atoms with E-state index in [9.17, 15) is 0 Å². The maximum Gasteiger partial charge on any atom is 0.193 e. The second-order valence-electron chi connectivity index (χ2n) is 3.86. The van der Waals surface area contributed by atoms with Crippen LogP contribution < -0.4 is 10.1 Å². The van der Waals surface area contributed by atoms with Crippen LogP contribution in [0.15, 0.2) is 29.3 Å².